The Morgan fingerprint density at radius 3 is 2.88 bits per heavy atom. The van der Waals surface area contributed by atoms with Gasteiger partial charge in [0.1, 0.15) is 11.3 Å². The van der Waals surface area contributed by atoms with Crippen molar-refractivity contribution in [2.24, 2.45) is 0 Å². The van der Waals surface area contributed by atoms with Crippen molar-refractivity contribution >= 4 is 28.0 Å². The van der Waals surface area contributed by atoms with Gasteiger partial charge in [0, 0.05) is 24.7 Å². The van der Waals surface area contributed by atoms with E-state index in [0.29, 0.717) is 12.2 Å². The van der Waals surface area contributed by atoms with E-state index in [9.17, 15) is 4.79 Å². The van der Waals surface area contributed by atoms with Gasteiger partial charge in [-0.25, -0.2) is 9.97 Å². The number of nitrogens with one attached hydrogen (secondary N) is 1. The number of anilines is 1. The largest absolute Gasteiger partial charge is 0.348 e. The van der Waals surface area contributed by atoms with Crippen LogP contribution in [-0.2, 0) is 6.54 Å². The minimum absolute atomic E-state index is 0.121. The number of hydrogen-bond donors (Lipinski definition) is 1. The van der Waals surface area contributed by atoms with Gasteiger partial charge in [0.05, 0.1) is 17.9 Å². The van der Waals surface area contributed by atoms with E-state index in [0.717, 1.165) is 40.8 Å². The molecule has 0 atom stereocenters. The van der Waals surface area contributed by atoms with Gasteiger partial charge in [-0.05, 0) is 44.4 Å². The Balaban J connectivity index is 1.48. The first-order chi connectivity index (χ1) is 12.1. The number of thiazole rings is 1. The quantitative estimate of drug-likeness (QED) is 0.782. The van der Waals surface area contributed by atoms with Crippen molar-refractivity contribution in [1.82, 2.24) is 19.7 Å². The third-order valence-electron chi connectivity index (χ3n) is 4.52. The summed E-state index contributed by atoms with van der Waals surface area (Å²) in [5, 5.41) is 6.06. The molecule has 1 N–H and O–H groups in total. The maximum Gasteiger partial charge on any atom is 0.270 e. The molecule has 7 heteroatoms. The SMILES string of the molecule is Cc1ccn2c(C(=O)NCc3csc(N4CCCC4)n3)c(C)nc2c1. The number of nitrogens with zero attached hydrogens (tertiary/aromatic N) is 4. The van der Waals surface area contributed by atoms with Crippen LogP contribution in [-0.4, -0.2) is 33.4 Å². The van der Waals surface area contributed by atoms with Crippen LogP contribution in [0.25, 0.3) is 5.65 Å². The highest BCUT2D eigenvalue weighted by Gasteiger charge is 2.18. The zero-order valence-electron chi connectivity index (χ0n) is 14.5. The van der Waals surface area contributed by atoms with Crippen LogP contribution < -0.4 is 10.2 Å². The number of pyridine rings is 1. The molecule has 0 saturated carbocycles. The average molecular weight is 355 g/mol. The Bertz CT molecular complexity index is 923. The standard InChI is InChI=1S/C18H21N5OS/c1-12-5-8-23-15(9-12)20-13(2)16(23)17(24)19-10-14-11-25-18(21-14)22-6-3-4-7-22/h5,8-9,11H,3-4,6-7,10H2,1-2H3,(H,19,24). The second kappa shape index (κ2) is 6.48. The van der Waals surface area contributed by atoms with Gasteiger partial charge < -0.3 is 10.2 Å². The molecule has 0 radical (unpaired) electrons. The molecule has 130 valence electrons. The summed E-state index contributed by atoms with van der Waals surface area (Å²) in [5.74, 6) is -0.121. The van der Waals surface area contributed by atoms with Crippen LogP contribution in [0, 0.1) is 13.8 Å². The van der Waals surface area contributed by atoms with Crippen molar-refractivity contribution in [3.8, 4) is 0 Å². The molecule has 4 heterocycles. The summed E-state index contributed by atoms with van der Waals surface area (Å²) >= 11 is 1.65. The summed E-state index contributed by atoms with van der Waals surface area (Å²) in [6, 6.07) is 3.96. The number of rotatable bonds is 4. The van der Waals surface area contributed by atoms with Crippen LogP contribution in [0.4, 0.5) is 5.13 Å². The minimum Gasteiger partial charge on any atom is -0.348 e. The minimum atomic E-state index is -0.121. The topological polar surface area (TPSA) is 62.5 Å². The summed E-state index contributed by atoms with van der Waals surface area (Å²) in [6.45, 7) is 6.48. The predicted molar refractivity (Wildman–Crippen MR) is 99.4 cm³/mol. The smallest absolute Gasteiger partial charge is 0.270 e. The monoisotopic (exact) mass is 355 g/mol. The van der Waals surface area contributed by atoms with E-state index in [1.54, 1.807) is 11.3 Å². The molecule has 1 saturated heterocycles. The summed E-state index contributed by atoms with van der Waals surface area (Å²) in [5.41, 5.74) is 4.15. The van der Waals surface area contributed by atoms with Crippen molar-refractivity contribution < 1.29 is 4.79 Å². The van der Waals surface area contributed by atoms with Gasteiger partial charge in [0.25, 0.3) is 5.91 Å². The zero-order valence-corrected chi connectivity index (χ0v) is 15.3. The molecule has 1 amide bonds. The molecule has 25 heavy (non-hydrogen) atoms. The first-order valence-electron chi connectivity index (χ1n) is 8.54. The third-order valence-corrected chi connectivity index (χ3v) is 5.47. The van der Waals surface area contributed by atoms with Crippen molar-refractivity contribution in [3.63, 3.8) is 0 Å². The Hall–Kier alpha value is -2.41. The van der Waals surface area contributed by atoms with E-state index >= 15 is 0 Å². The summed E-state index contributed by atoms with van der Waals surface area (Å²) < 4.78 is 1.84. The van der Waals surface area contributed by atoms with Gasteiger partial charge in [-0.15, -0.1) is 11.3 Å². The molecule has 1 aliphatic rings. The molecule has 0 aromatic carbocycles. The van der Waals surface area contributed by atoms with Crippen LogP contribution >= 0.6 is 11.3 Å². The van der Waals surface area contributed by atoms with Crippen molar-refractivity contribution in [2.75, 3.05) is 18.0 Å². The molecule has 1 aliphatic heterocycles. The van der Waals surface area contributed by atoms with E-state index in [2.05, 4.69) is 20.2 Å². The Labute approximate surface area is 150 Å². The molecule has 0 bridgehead atoms. The maximum atomic E-state index is 12.7. The molecule has 0 unspecified atom stereocenters. The van der Waals surface area contributed by atoms with E-state index in [4.69, 9.17) is 0 Å². The van der Waals surface area contributed by atoms with Crippen LogP contribution in [0.2, 0.25) is 0 Å². The van der Waals surface area contributed by atoms with Gasteiger partial charge >= 0.3 is 0 Å². The highest BCUT2D eigenvalue weighted by Crippen LogP contribution is 2.24. The van der Waals surface area contributed by atoms with E-state index in [1.807, 2.05) is 42.0 Å². The summed E-state index contributed by atoms with van der Waals surface area (Å²) in [4.78, 5) is 24.1. The molecule has 4 rings (SSSR count). The predicted octanol–water partition coefficient (Wildman–Crippen LogP) is 2.94. The van der Waals surface area contributed by atoms with Crippen molar-refractivity contribution in [2.45, 2.75) is 33.2 Å². The number of aromatic nitrogens is 3. The number of fused-ring (bicyclic) bond motifs is 1. The van der Waals surface area contributed by atoms with Gasteiger partial charge in [-0.3, -0.25) is 9.20 Å². The molecular formula is C18H21N5OS. The Kier molecular flexibility index (Phi) is 4.17. The lowest BCUT2D eigenvalue weighted by atomic mass is 10.3. The highest BCUT2D eigenvalue weighted by atomic mass is 32.1. The van der Waals surface area contributed by atoms with E-state index < -0.39 is 0 Å². The van der Waals surface area contributed by atoms with Gasteiger partial charge in [0.15, 0.2) is 5.13 Å². The number of carbonyl (C=O) groups excluding carboxylic acids is 1. The second-order valence-corrected chi connectivity index (χ2v) is 7.31. The molecular weight excluding hydrogens is 334 g/mol. The Morgan fingerprint density at radius 2 is 2.08 bits per heavy atom. The van der Waals surface area contributed by atoms with Crippen LogP contribution in [0.1, 0.15) is 40.3 Å². The van der Waals surface area contributed by atoms with Gasteiger partial charge in [-0.2, -0.15) is 0 Å². The Morgan fingerprint density at radius 1 is 1.28 bits per heavy atom. The fraction of sp³-hybridized carbons (Fsp3) is 0.389. The molecule has 6 nitrogen and oxygen atoms in total. The fourth-order valence-corrected chi connectivity index (χ4v) is 4.10. The molecule has 3 aromatic heterocycles. The van der Waals surface area contributed by atoms with Crippen LogP contribution in [0.15, 0.2) is 23.7 Å². The summed E-state index contributed by atoms with van der Waals surface area (Å²) in [7, 11) is 0. The first kappa shape index (κ1) is 16.1. The molecule has 3 aromatic rings. The molecule has 0 spiro atoms. The van der Waals surface area contributed by atoms with Crippen LogP contribution in [0.3, 0.4) is 0 Å². The van der Waals surface area contributed by atoms with E-state index in [1.165, 1.54) is 12.8 Å². The van der Waals surface area contributed by atoms with Gasteiger partial charge in [-0.1, -0.05) is 0 Å². The van der Waals surface area contributed by atoms with Crippen LogP contribution in [0.5, 0.6) is 0 Å². The average Bonchev–Trinajstić information content (AvgIpc) is 3.31. The summed E-state index contributed by atoms with van der Waals surface area (Å²) in [6.07, 6.45) is 4.37. The van der Waals surface area contributed by atoms with E-state index in [-0.39, 0.29) is 5.91 Å². The lowest BCUT2D eigenvalue weighted by Gasteiger charge is -2.12. The second-order valence-electron chi connectivity index (χ2n) is 6.48. The number of amides is 1. The number of hydrogen-bond acceptors (Lipinski definition) is 5. The normalized spacial score (nSPS) is 14.4. The van der Waals surface area contributed by atoms with Crippen molar-refractivity contribution in [3.05, 3.63) is 46.4 Å². The van der Waals surface area contributed by atoms with Crippen molar-refractivity contribution in [1.29, 1.82) is 0 Å². The number of imidazole rings is 1. The lowest BCUT2D eigenvalue weighted by molar-refractivity contribution is 0.0944. The number of carbonyl (C=O) groups is 1. The maximum absolute atomic E-state index is 12.7. The highest BCUT2D eigenvalue weighted by molar-refractivity contribution is 7.13. The number of aryl methyl sites for hydroxylation is 2. The third kappa shape index (κ3) is 3.11. The molecule has 0 aliphatic carbocycles. The lowest BCUT2D eigenvalue weighted by Crippen LogP contribution is -2.25. The fourth-order valence-electron chi connectivity index (χ4n) is 3.22. The zero-order chi connectivity index (χ0) is 17.4. The molecule has 1 fully saturated rings. The first-order valence-corrected chi connectivity index (χ1v) is 9.42. The van der Waals surface area contributed by atoms with Gasteiger partial charge in [0.2, 0.25) is 0 Å².